The zero-order valence-corrected chi connectivity index (χ0v) is 17.1. The van der Waals surface area contributed by atoms with Crippen LogP contribution in [0.3, 0.4) is 0 Å². The molecule has 1 aliphatic heterocycles. The average molecular weight is 422 g/mol. The van der Waals surface area contributed by atoms with Crippen LogP contribution >= 0.6 is 22.9 Å². The number of nitrogens with zero attached hydrogens (tertiary/aromatic N) is 1. The largest absolute Gasteiger partial charge is 0.299 e. The highest BCUT2D eigenvalue weighted by molar-refractivity contribution is 7.91. The number of ketones is 1. The van der Waals surface area contributed by atoms with Crippen LogP contribution in [-0.4, -0.2) is 31.6 Å². The van der Waals surface area contributed by atoms with Gasteiger partial charge in [0.2, 0.25) is 0 Å². The number of carbonyl (C=O) groups excluding carboxylic acids is 1. The first kappa shape index (κ1) is 18.9. The molecule has 0 amide bonds. The third-order valence-corrected chi connectivity index (χ3v) is 9.01. The third kappa shape index (κ3) is 3.63. The summed E-state index contributed by atoms with van der Waals surface area (Å²) in [5, 5.41) is 0. The van der Waals surface area contributed by atoms with Crippen molar-refractivity contribution in [2.45, 2.75) is 29.9 Å². The third-order valence-electron chi connectivity index (χ3n) is 5.50. The Kier molecular flexibility index (Phi) is 5.01. The molecule has 4 nitrogen and oxygen atoms in total. The highest BCUT2D eigenvalue weighted by Crippen LogP contribution is 2.46. The Bertz CT molecular complexity index is 997. The average Bonchev–Trinajstić information content (AvgIpc) is 3.10. The number of Topliss-reactive ketones (excluding diaryl/α,β-unsaturated/α-hetero) is 1. The summed E-state index contributed by atoms with van der Waals surface area (Å²) in [4.78, 5) is 12.0. The molecule has 1 saturated carbocycles. The van der Waals surface area contributed by atoms with Crippen LogP contribution in [0.4, 0.5) is 0 Å². The lowest BCUT2D eigenvalue weighted by Gasteiger charge is -2.45. The summed E-state index contributed by atoms with van der Waals surface area (Å²) in [5.41, 5.74) is 1.94. The summed E-state index contributed by atoms with van der Waals surface area (Å²) in [5.74, 6) is 0.242. The van der Waals surface area contributed by atoms with Crippen molar-refractivity contribution in [1.29, 1.82) is 0 Å². The van der Waals surface area contributed by atoms with E-state index in [1.165, 1.54) is 4.31 Å². The van der Waals surface area contributed by atoms with Gasteiger partial charge in [-0.3, -0.25) is 4.79 Å². The summed E-state index contributed by atoms with van der Waals surface area (Å²) >= 11 is 7.03. The van der Waals surface area contributed by atoms with Crippen molar-refractivity contribution in [2.24, 2.45) is 5.41 Å². The normalized spacial score (nSPS) is 23.7. The molecule has 1 atom stereocenters. The van der Waals surface area contributed by atoms with E-state index in [0.717, 1.165) is 28.9 Å². The van der Waals surface area contributed by atoms with Crippen molar-refractivity contribution in [1.82, 2.24) is 4.31 Å². The number of halogens is 1. The van der Waals surface area contributed by atoms with E-state index >= 15 is 0 Å². The highest BCUT2D eigenvalue weighted by atomic mass is 35.5. The molecular formula is C20H20ClNO3S2. The lowest BCUT2D eigenvalue weighted by Crippen LogP contribution is -2.48. The molecule has 0 N–H and O–H groups in total. The Balaban J connectivity index is 1.70. The molecule has 0 saturated heterocycles. The standard InChI is InChI=1S/C20H20ClNO3S2/c21-18-6-7-19(26-18)27(24,25)22-11-9-16-12-17(23)8-10-20(16,14-22)13-15-4-2-1-3-5-15/h1-7,9H,8,10-14H2. The molecule has 4 rings (SSSR count). The smallest absolute Gasteiger partial charge is 0.252 e. The van der Waals surface area contributed by atoms with E-state index in [9.17, 15) is 13.2 Å². The van der Waals surface area contributed by atoms with Gasteiger partial charge in [-0.1, -0.05) is 53.6 Å². The van der Waals surface area contributed by atoms with Gasteiger partial charge >= 0.3 is 0 Å². The first-order chi connectivity index (χ1) is 12.9. The Labute approximate surface area is 168 Å². The van der Waals surface area contributed by atoms with E-state index in [4.69, 9.17) is 11.6 Å². The van der Waals surface area contributed by atoms with Gasteiger partial charge in [0, 0.05) is 31.3 Å². The van der Waals surface area contributed by atoms with Crippen LogP contribution < -0.4 is 0 Å². The van der Waals surface area contributed by atoms with Crippen LogP contribution in [0.15, 0.2) is 58.3 Å². The van der Waals surface area contributed by atoms with Gasteiger partial charge in [0.15, 0.2) is 0 Å². The zero-order chi connectivity index (χ0) is 19.1. The Morgan fingerprint density at radius 3 is 2.63 bits per heavy atom. The molecule has 0 radical (unpaired) electrons. The summed E-state index contributed by atoms with van der Waals surface area (Å²) in [6.07, 6.45) is 4.32. The Morgan fingerprint density at radius 2 is 1.93 bits per heavy atom. The van der Waals surface area contributed by atoms with E-state index in [1.807, 2.05) is 24.3 Å². The maximum absolute atomic E-state index is 13.1. The highest BCUT2D eigenvalue weighted by Gasteiger charge is 2.45. The molecule has 2 aromatic rings. The SMILES string of the molecule is O=C1CCC2(Cc3ccccc3)CN(S(=O)(=O)c3ccc(Cl)s3)CC=C2C1. The van der Waals surface area contributed by atoms with E-state index in [1.54, 1.807) is 12.1 Å². The number of hydrogen-bond donors (Lipinski definition) is 0. The van der Waals surface area contributed by atoms with Crippen molar-refractivity contribution in [3.63, 3.8) is 0 Å². The van der Waals surface area contributed by atoms with E-state index in [-0.39, 0.29) is 15.4 Å². The number of fused-ring (bicyclic) bond motifs is 1. The van der Waals surface area contributed by atoms with Crippen molar-refractivity contribution in [3.05, 3.63) is 64.0 Å². The minimum atomic E-state index is -3.60. The number of hydrogen-bond acceptors (Lipinski definition) is 4. The lowest BCUT2D eigenvalue weighted by molar-refractivity contribution is -0.120. The number of thiophene rings is 1. The number of carbonyl (C=O) groups is 1. The molecular weight excluding hydrogens is 402 g/mol. The second-order valence-electron chi connectivity index (χ2n) is 7.24. The van der Waals surface area contributed by atoms with Gasteiger partial charge in [-0.2, -0.15) is 4.31 Å². The fourth-order valence-corrected chi connectivity index (χ4v) is 7.21. The summed E-state index contributed by atoms with van der Waals surface area (Å²) in [6, 6.07) is 13.3. The first-order valence-electron chi connectivity index (χ1n) is 8.90. The summed E-state index contributed by atoms with van der Waals surface area (Å²) < 4.78 is 28.5. The van der Waals surface area contributed by atoms with Gasteiger partial charge in [0.05, 0.1) is 4.34 Å². The fraction of sp³-hybridized carbons (Fsp3) is 0.350. The number of rotatable bonds is 4. The molecule has 0 spiro atoms. The minimum Gasteiger partial charge on any atom is -0.299 e. The van der Waals surface area contributed by atoms with Gasteiger partial charge in [-0.05, 0) is 30.5 Å². The van der Waals surface area contributed by atoms with Gasteiger partial charge in [-0.15, -0.1) is 11.3 Å². The second kappa shape index (κ2) is 7.17. The molecule has 0 bridgehead atoms. The summed E-state index contributed by atoms with van der Waals surface area (Å²) in [6.45, 7) is 0.704. The quantitative estimate of drug-likeness (QED) is 0.691. The minimum absolute atomic E-state index is 0.242. The molecule has 7 heteroatoms. The van der Waals surface area contributed by atoms with Crippen LogP contribution in [0.2, 0.25) is 4.34 Å². The van der Waals surface area contributed by atoms with Crippen molar-refractivity contribution >= 4 is 38.7 Å². The molecule has 1 fully saturated rings. The molecule has 1 aliphatic carbocycles. The number of benzene rings is 1. The predicted molar refractivity (Wildman–Crippen MR) is 108 cm³/mol. The van der Waals surface area contributed by atoms with Crippen LogP contribution in [0.1, 0.15) is 24.8 Å². The van der Waals surface area contributed by atoms with Crippen molar-refractivity contribution < 1.29 is 13.2 Å². The van der Waals surface area contributed by atoms with E-state index in [0.29, 0.717) is 36.7 Å². The van der Waals surface area contributed by atoms with Crippen molar-refractivity contribution in [3.8, 4) is 0 Å². The predicted octanol–water partition coefficient (Wildman–Crippen LogP) is 4.31. The lowest BCUT2D eigenvalue weighted by atomic mass is 9.65. The molecule has 2 aliphatic rings. The molecule has 27 heavy (non-hydrogen) atoms. The van der Waals surface area contributed by atoms with Crippen LogP contribution in [0.5, 0.6) is 0 Å². The molecule has 1 unspecified atom stereocenters. The van der Waals surface area contributed by atoms with Gasteiger partial charge < -0.3 is 0 Å². The molecule has 1 aromatic heterocycles. The second-order valence-corrected chi connectivity index (χ2v) is 11.1. The summed E-state index contributed by atoms with van der Waals surface area (Å²) in [7, 11) is -3.60. The van der Waals surface area contributed by atoms with Gasteiger partial charge in [0.1, 0.15) is 9.99 Å². The Hall–Kier alpha value is -1.47. The molecule has 142 valence electrons. The monoisotopic (exact) mass is 421 g/mol. The van der Waals surface area contributed by atoms with Crippen molar-refractivity contribution in [2.75, 3.05) is 13.1 Å². The topological polar surface area (TPSA) is 54.5 Å². The van der Waals surface area contributed by atoms with E-state index in [2.05, 4.69) is 12.1 Å². The zero-order valence-electron chi connectivity index (χ0n) is 14.7. The van der Waals surface area contributed by atoms with Gasteiger partial charge in [0.25, 0.3) is 10.0 Å². The Morgan fingerprint density at radius 1 is 1.15 bits per heavy atom. The van der Waals surface area contributed by atoms with Crippen LogP contribution in [-0.2, 0) is 21.2 Å². The van der Waals surface area contributed by atoms with Crippen LogP contribution in [0, 0.1) is 5.41 Å². The van der Waals surface area contributed by atoms with E-state index < -0.39 is 10.0 Å². The van der Waals surface area contributed by atoms with Crippen LogP contribution in [0.25, 0.3) is 0 Å². The first-order valence-corrected chi connectivity index (χ1v) is 11.5. The molecule has 1 aromatic carbocycles. The van der Waals surface area contributed by atoms with Gasteiger partial charge in [-0.25, -0.2) is 8.42 Å². The fourth-order valence-electron chi connectivity index (χ4n) is 4.10. The maximum atomic E-state index is 13.1. The maximum Gasteiger partial charge on any atom is 0.252 e. The molecule has 2 heterocycles. The number of sulfonamides is 1.